The molecule has 2 aromatic carbocycles. The van der Waals surface area contributed by atoms with E-state index in [2.05, 4.69) is 0 Å². The van der Waals surface area contributed by atoms with E-state index in [1.165, 1.54) is 23.9 Å². The molecular weight excluding hydrogens is 380 g/mol. The van der Waals surface area contributed by atoms with Gasteiger partial charge in [-0.15, -0.1) is 11.8 Å². The molecule has 8 heteroatoms. The molecule has 1 amide bonds. The van der Waals surface area contributed by atoms with Gasteiger partial charge in [0.2, 0.25) is 6.10 Å². The number of nitrogens with zero attached hydrogens (tertiary/aromatic N) is 2. The first-order chi connectivity index (χ1) is 13.5. The summed E-state index contributed by atoms with van der Waals surface area (Å²) in [7, 11) is 0. The number of nitro groups is 1. The minimum absolute atomic E-state index is 0.00727. The quantitative estimate of drug-likeness (QED) is 0.274. The van der Waals surface area contributed by atoms with Gasteiger partial charge in [0, 0.05) is 35.7 Å². The Balaban J connectivity index is 2.05. The number of carbonyl (C=O) groups excluding carboxylic acids is 2. The molecular formula is C20H22N2O5S. The van der Waals surface area contributed by atoms with Crippen LogP contribution in [-0.2, 0) is 14.3 Å². The summed E-state index contributed by atoms with van der Waals surface area (Å²) >= 11 is 1.20. The third kappa shape index (κ3) is 5.82. The number of carbonyl (C=O) groups is 2. The largest absolute Gasteiger partial charge is 0.447 e. The zero-order valence-electron chi connectivity index (χ0n) is 15.7. The average molecular weight is 402 g/mol. The zero-order valence-corrected chi connectivity index (χ0v) is 16.6. The number of thioether (sulfide) groups is 1. The van der Waals surface area contributed by atoms with Gasteiger partial charge in [-0.2, -0.15) is 0 Å². The van der Waals surface area contributed by atoms with Gasteiger partial charge in [0.25, 0.3) is 11.6 Å². The smallest absolute Gasteiger partial charge is 0.317 e. The predicted octanol–water partition coefficient (Wildman–Crippen LogP) is 3.84. The van der Waals surface area contributed by atoms with E-state index < -0.39 is 17.0 Å². The predicted molar refractivity (Wildman–Crippen MR) is 107 cm³/mol. The first kappa shape index (κ1) is 21.4. The zero-order chi connectivity index (χ0) is 20.5. The molecule has 0 aliphatic carbocycles. The molecule has 0 saturated heterocycles. The Kier molecular flexibility index (Phi) is 8.01. The summed E-state index contributed by atoms with van der Waals surface area (Å²) in [5.41, 5.74) is 0.606. The van der Waals surface area contributed by atoms with Gasteiger partial charge in [0.1, 0.15) is 0 Å². The molecule has 0 radical (unpaired) electrons. The van der Waals surface area contributed by atoms with Crippen LogP contribution in [0.3, 0.4) is 0 Å². The van der Waals surface area contributed by atoms with Gasteiger partial charge in [-0.1, -0.05) is 30.3 Å². The van der Waals surface area contributed by atoms with Crippen LogP contribution in [0.5, 0.6) is 0 Å². The highest BCUT2D eigenvalue weighted by Gasteiger charge is 2.28. The van der Waals surface area contributed by atoms with E-state index in [0.717, 1.165) is 0 Å². The van der Waals surface area contributed by atoms with Crippen molar-refractivity contribution in [2.45, 2.75) is 24.8 Å². The molecule has 148 valence electrons. The molecule has 0 unspecified atom stereocenters. The highest BCUT2D eigenvalue weighted by molar-refractivity contribution is 8.00. The van der Waals surface area contributed by atoms with E-state index >= 15 is 0 Å². The first-order valence-electron chi connectivity index (χ1n) is 8.86. The summed E-state index contributed by atoms with van der Waals surface area (Å²) in [4.78, 5) is 37.7. The SMILES string of the molecule is CCN(CC)C(=O)[C@@H](OC(=O)CSc1ccc([N+](=O)[O-])cc1)c1ccccc1. The Labute approximate surface area is 167 Å². The van der Waals surface area contributed by atoms with E-state index in [1.807, 2.05) is 19.9 Å². The van der Waals surface area contributed by atoms with Gasteiger partial charge in [0.15, 0.2) is 0 Å². The van der Waals surface area contributed by atoms with Gasteiger partial charge in [-0.25, -0.2) is 0 Å². The van der Waals surface area contributed by atoms with Crippen molar-refractivity contribution in [1.29, 1.82) is 0 Å². The fourth-order valence-corrected chi connectivity index (χ4v) is 3.24. The molecule has 2 rings (SSSR count). The fourth-order valence-electron chi connectivity index (χ4n) is 2.56. The van der Waals surface area contributed by atoms with Crippen LogP contribution in [0, 0.1) is 10.1 Å². The van der Waals surface area contributed by atoms with Gasteiger partial charge in [-0.3, -0.25) is 19.7 Å². The molecule has 0 heterocycles. The van der Waals surface area contributed by atoms with Crippen molar-refractivity contribution in [3.05, 3.63) is 70.3 Å². The summed E-state index contributed by atoms with van der Waals surface area (Å²) in [6.45, 7) is 4.78. The molecule has 0 N–H and O–H groups in total. The van der Waals surface area contributed by atoms with Crippen LogP contribution in [0.25, 0.3) is 0 Å². The minimum Gasteiger partial charge on any atom is -0.447 e. The van der Waals surface area contributed by atoms with E-state index in [0.29, 0.717) is 23.5 Å². The maximum Gasteiger partial charge on any atom is 0.317 e. The fraction of sp³-hybridized carbons (Fsp3) is 0.300. The lowest BCUT2D eigenvalue weighted by Crippen LogP contribution is -2.37. The number of hydrogen-bond acceptors (Lipinski definition) is 6. The minimum atomic E-state index is -0.994. The maximum atomic E-state index is 12.8. The second kappa shape index (κ2) is 10.5. The number of ether oxygens (including phenoxy) is 1. The standard InChI is InChI=1S/C20H22N2O5S/c1-3-21(4-2)20(24)19(15-8-6-5-7-9-15)27-18(23)14-28-17-12-10-16(11-13-17)22(25)26/h5-13,19H,3-4,14H2,1-2H3/t19-/m0/s1. The number of likely N-dealkylation sites (N-methyl/N-ethyl adjacent to an activating group) is 1. The first-order valence-corrected chi connectivity index (χ1v) is 9.85. The Morgan fingerprint density at radius 2 is 1.68 bits per heavy atom. The van der Waals surface area contributed by atoms with E-state index in [-0.39, 0.29) is 17.3 Å². The van der Waals surface area contributed by atoms with Crippen LogP contribution in [-0.4, -0.2) is 40.5 Å². The summed E-state index contributed by atoms with van der Waals surface area (Å²) < 4.78 is 5.51. The molecule has 0 spiro atoms. The molecule has 0 aliphatic rings. The number of amides is 1. The lowest BCUT2D eigenvalue weighted by Gasteiger charge is -2.25. The summed E-state index contributed by atoms with van der Waals surface area (Å²) in [5, 5.41) is 10.7. The third-order valence-corrected chi connectivity index (χ3v) is 5.04. The number of nitro benzene ring substituents is 1. The van der Waals surface area contributed by atoms with Crippen LogP contribution < -0.4 is 0 Å². The highest BCUT2D eigenvalue weighted by atomic mass is 32.2. The Hall–Kier alpha value is -2.87. The number of benzene rings is 2. The van der Waals surface area contributed by atoms with Gasteiger partial charge in [-0.05, 0) is 26.0 Å². The number of rotatable bonds is 9. The van der Waals surface area contributed by atoms with Crippen LogP contribution in [0.2, 0.25) is 0 Å². The maximum absolute atomic E-state index is 12.8. The normalized spacial score (nSPS) is 11.5. The lowest BCUT2D eigenvalue weighted by molar-refractivity contribution is -0.384. The van der Waals surface area contributed by atoms with Crippen molar-refractivity contribution in [1.82, 2.24) is 4.90 Å². The van der Waals surface area contributed by atoms with E-state index in [9.17, 15) is 19.7 Å². The molecule has 0 aromatic heterocycles. The number of non-ortho nitro benzene ring substituents is 1. The second-order valence-electron chi connectivity index (χ2n) is 5.83. The Morgan fingerprint density at radius 3 is 2.21 bits per heavy atom. The highest BCUT2D eigenvalue weighted by Crippen LogP contribution is 2.24. The van der Waals surface area contributed by atoms with Crippen LogP contribution in [0.1, 0.15) is 25.5 Å². The molecule has 0 aliphatic heterocycles. The molecule has 0 bridgehead atoms. The van der Waals surface area contributed by atoms with Crippen molar-refractivity contribution < 1.29 is 19.2 Å². The monoisotopic (exact) mass is 402 g/mol. The van der Waals surface area contributed by atoms with Crippen LogP contribution >= 0.6 is 11.8 Å². The second-order valence-corrected chi connectivity index (χ2v) is 6.88. The van der Waals surface area contributed by atoms with Crippen molar-refractivity contribution in [2.75, 3.05) is 18.8 Å². The lowest BCUT2D eigenvalue weighted by atomic mass is 10.1. The average Bonchev–Trinajstić information content (AvgIpc) is 2.72. The molecule has 0 fully saturated rings. The summed E-state index contributed by atoms with van der Waals surface area (Å²) in [6.07, 6.45) is -0.994. The van der Waals surface area contributed by atoms with E-state index in [4.69, 9.17) is 4.74 Å². The Morgan fingerprint density at radius 1 is 1.07 bits per heavy atom. The molecule has 7 nitrogen and oxygen atoms in total. The van der Waals surface area contributed by atoms with E-state index in [1.54, 1.807) is 41.3 Å². The molecule has 0 saturated carbocycles. The summed E-state index contributed by atoms with van der Waals surface area (Å²) in [6, 6.07) is 14.8. The van der Waals surface area contributed by atoms with Crippen LogP contribution in [0.4, 0.5) is 5.69 Å². The van der Waals surface area contributed by atoms with Crippen LogP contribution in [0.15, 0.2) is 59.5 Å². The van der Waals surface area contributed by atoms with Gasteiger partial charge < -0.3 is 9.64 Å². The molecule has 2 aromatic rings. The van der Waals surface area contributed by atoms with Crippen molar-refractivity contribution in [3.63, 3.8) is 0 Å². The number of esters is 1. The Bertz CT molecular complexity index is 807. The van der Waals surface area contributed by atoms with Gasteiger partial charge >= 0.3 is 5.97 Å². The molecule has 28 heavy (non-hydrogen) atoms. The van der Waals surface area contributed by atoms with Crippen molar-refractivity contribution >= 4 is 29.3 Å². The molecule has 1 atom stereocenters. The number of hydrogen-bond donors (Lipinski definition) is 0. The third-order valence-electron chi connectivity index (χ3n) is 4.06. The van der Waals surface area contributed by atoms with Crippen molar-refractivity contribution in [3.8, 4) is 0 Å². The summed E-state index contributed by atoms with van der Waals surface area (Å²) in [5.74, 6) is -0.797. The van der Waals surface area contributed by atoms with Crippen molar-refractivity contribution in [2.24, 2.45) is 0 Å². The van der Waals surface area contributed by atoms with Gasteiger partial charge in [0.05, 0.1) is 10.7 Å². The topological polar surface area (TPSA) is 89.8 Å².